The molecule has 4 rings (SSSR count). The summed E-state index contributed by atoms with van der Waals surface area (Å²) in [5.74, 6) is 0. The third kappa shape index (κ3) is 5.86. The molecule has 1 atom stereocenters. The first-order valence-electron chi connectivity index (χ1n) is 10.7. The van der Waals surface area contributed by atoms with E-state index < -0.39 is 0 Å². The highest BCUT2D eigenvalue weighted by Gasteiger charge is 2.07. The third-order valence-electron chi connectivity index (χ3n) is 5.17. The maximum absolute atomic E-state index is 4.45. The normalized spacial score (nSPS) is 11.5. The molecule has 0 aliphatic carbocycles. The molecule has 0 aliphatic rings. The highest BCUT2D eigenvalue weighted by atomic mass is 14.9. The summed E-state index contributed by atoms with van der Waals surface area (Å²) in [7, 11) is 0. The van der Waals surface area contributed by atoms with Gasteiger partial charge in [-0.15, -0.1) is 0 Å². The second-order valence-corrected chi connectivity index (χ2v) is 7.54. The molecule has 0 bridgehead atoms. The van der Waals surface area contributed by atoms with Gasteiger partial charge in [-0.3, -0.25) is 4.98 Å². The lowest BCUT2D eigenvalue weighted by Crippen LogP contribution is -2.13. The van der Waals surface area contributed by atoms with E-state index in [9.17, 15) is 0 Å². The van der Waals surface area contributed by atoms with Gasteiger partial charge in [-0.2, -0.15) is 0 Å². The molecular formula is C27H28N4. The molecule has 0 saturated heterocycles. The Kier molecular flexibility index (Phi) is 6.81. The molecule has 3 aromatic carbocycles. The lowest BCUT2D eigenvalue weighted by molar-refractivity contribution is 0.883. The van der Waals surface area contributed by atoms with Crippen LogP contribution in [-0.4, -0.2) is 18.1 Å². The van der Waals surface area contributed by atoms with Crippen molar-refractivity contribution in [3.05, 3.63) is 109 Å². The van der Waals surface area contributed by atoms with Crippen molar-refractivity contribution in [1.82, 2.24) is 4.98 Å². The van der Waals surface area contributed by atoms with E-state index in [1.165, 1.54) is 5.56 Å². The molecule has 0 fully saturated rings. The molecule has 0 saturated carbocycles. The Morgan fingerprint density at radius 2 is 1.29 bits per heavy atom. The monoisotopic (exact) mass is 408 g/mol. The molecule has 1 aromatic heterocycles. The average molecular weight is 409 g/mol. The Hall–Kier alpha value is -3.79. The molecule has 0 radical (unpaired) electrons. The van der Waals surface area contributed by atoms with Crippen LogP contribution in [0.25, 0.3) is 11.1 Å². The number of hydrogen-bond donors (Lipinski definition) is 3. The number of para-hydroxylation sites is 1. The molecule has 0 aliphatic heterocycles. The van der Waals surface area contributed by atoms with Crippen LogP contribution >= 0.6 is 0 Å². The second kappa shape index (κ2) is 10.3. The van der Waals surface area contributed by atoms with E-state index in [1.807, 2.05) is 36.7 Å². The average Bonchev–Trinajstić information content (AvgIpc) is 2.83. The first kappa shape index (κ1) is 20.5. The zero-order valence-corrected chi connectivity index (χ0v) is 17.8. The minimum Gasteiger partial charge on any atom is -0.383 e. The van der Waals surface area contributed by atoms with Crippen LogP contribution < -0.4 is 16.0 Å². The van der Waals surface area contributed by atoms with Gasteiger partial charge < -0.3 is 16.0 Å². The Labute approximate surface area is 184 Å². The van der Waals surface area contributed by atoms with Crippen molar-refractivity contribution in [2.45, 2.75) is 13.0 Å². The molecule has 3 N–H and O–H groups in total. The van der Waals surface area contributed by atoms with Gasteiger partial charge in [0.15, 0.2) is 0 Å². The van der Waals surface area contributed by atoms with Crippen LogP contribution in [0.3, 0.4) is 0 Å². The van der Waals surface area contributed by atoms with E-state index in [1.54, 1.807) is 0 Å². The summed E-state index contributed by atoms with van der Waals surface area (Å²) >= 11 is 0. The van der Waals surface area contributed by atoms with E-state index in [0.29, 0.717) is 0 Å². The minimum absolute atomic E-state index is 0.211. The van der Waals surface area contributed by atoms with E-state index in [4.69, 9.17) is 0 Å². The van der Waals surface area contributed by atoms with Gasteiger partial charge in [0.2, 0.25) is 0 Å². The minimum atomic E-state index is 0.211. The molecule has 1 heterocycles. The van der Waals surface area contributed by atoms with Crippen molar-refractivity contribution in [1.29, 1.82) is 0 Å². The standard InChI is InChI=1S/C27H28N4/c1-21(22-9-4-2-5-10-22)31-27-18-24(19-28-20-27)23-11-8-14-26(17-23)30-16-15-29-25-12-6-3-7-13-25/h2-14,17-21,29-31H,15-16H2,1H3/t21-/m0/s1. The molecule has 0 amide bonds. The van der Waals surface area contributed by atoms with Gasteiger partial charge in [-0.05, 0) is 48.4 Å². The van der Waals surface area contributed by atoms with Crippen molar-refractivity contribution in [3.8, 4) is 11.1 Å². The van der Waals surface area contributed by atoms with Crippen LogP contribution in [0.1, 0.15) is 18.5 Å². The van der Waals surface area contributed by atoms with Crippen LogP contribution in [0.5, 0.6) is 0 Å². The van der Waals surface area contributed by atoms with Crippen LogP contribution in [0.15, 0.2) is 103 Å². The molecule has 0 unspecified atom stereocenters. The van der Waals surface area contributed by atoms with Crippen LogP contribution in [0.4, 0.5) is 17.1 Å². The van der Waals surface area contributed by atoms with Crippen molar-refractivity contribution >= 4 is 17.1 Å². The topological polar surface area (TPSA) is 49.0 Å². The number of nitrogens with one attached hydrogen (secondary N) is 3. The van der Waals surface area contributed by atoms with Gasteiger partial charge in [-0.1, -0.05) is 60.7 Å². The third-order valence-corrected chi connectivity index (χ3v) is 5.17. The number of pyridine rings is 1. The van der Waals surface area contributed by atoms with Gasteiger partial charge >= 0.3 is 0 Å². The maximum atomic E-state index is 4.45. The Morgan fingerprint density at radius 1 is 0.645 bits per heavy atom. The number of benzene rings is 3. The quantitative estimate of drug-likeness (QED) is 0.279. The van der Waals surface area contributed by atoms with Gasteiger partial charge in [0.25, 0.3) is 0 Å². The number of nitrogens with zero attached hydrogens (tertiary/aromatic N) is 1. The van der Waals surface area contributed by atoms with Gasteiger partial charge in [-0.25, -0.2) is 0 Å². The summed E-state index contributed by atoms with van der Waals surface area (Å²) in [6.07, 6.45) is 3.79. The Morgan fingerprint density at radius 3 is 2.06 bits per heavy atom. The zero-order valence-electron chi connectivity index (χ0n) is 17.8. The van der Waals surface area contributed by atoms with E-state index in [-0.39, 0.29) is 6.04 Å². The lowest BCUT2D eigenvalue weighted by Gasteiger charge is -2.16. The predicted octanol–water partition coefficient (Wildman–Crippen LogP) is 6.45. The van der Waals surface area contributed by atoms with Gasteiger partial charge in [0, 0.05) is 48.5 Å². The Balaban J connectivity index is 1.37. The molecule has 156 valence electrons. The summed E-state index contributed by atoms with van der Waals surface area (Å²) in [4.78, 5) is 4.45. The fourth-order valence-corrected chi connectivity index (χ4v) is 3.53. The highest BCUT2D eigenvalue weighted by molar-refractivity contribution is 5.70. The molecule has 4 heteroatoms. The second-order valence-electron chi connectivity index (χ2n) is 7.54. The fraction of sp³-hybridized carbons (Fsp3) is 0.148. The first-order valence-corrected chi connectivity index (χ1v) is 10.7. The number of hydrogen-bond acceptors (Lipinski definition) is 4. The molecular weight excluding hydrogens is 380 g/mol. The van der Waals surface area contributed by atoms with Crippen molar-refractivity contribution in [2.75, 3.05) is 29.0 Å². The van der Waals surface area contributed by atoms with Crippen molar-refractivity contribution in [3.63, 3.8) is 0 Å². The molecule has 31 heavy (non-hydrogen) atoms. The zero-order chi connectivity index (χ0) is 21.3. The lowest BCUT2D eigenvalue weighted by atomic mass is 10.1. The van der Waals surface area contributed by atoms with E-state index in [0.717, 1.165) is 41.3 Å². The Bertz CT molecular complexity index is 1080. The number of aromatic nitrogens is 1. The number of anilines is 3. The summed E-state index contributed by atoms with van der Waals surface area (Å²) in [5.41, 5.74) is 6.74. The maximum Gasteiger partial charge on any atom is 0.0537 e. The van der Waals surface area contributed by atoms with Crippen LogP contribution in [0.2, 0.25) is 0 Å². The van der Waals surface area contributed by atoms with Crippen LogP contribution in [0, 0.1) is 0 Å². The van der Waals surface area contributed by atoms with Gasteiger partial charge in [0.05, 0.1) is 5.69 Å². The van der Waals surface area contributed by atoms with E-state index >= 15 is 0 Å². The summed E-state index contributed by atoms with van der Waals surface area (Å²) in [6.45, 7) is 3.86. The molecule has 4 aromatic rings. The van der Waals surface area contributed by atoms with Crippen molar-refractivity contribution < 1.29 is 0 Å². The van der Waals surface area contributed by atoms with Gasteiger partial charge in [0.1, 0.15) is 0 Å². The van der Waals surface area contributed by atoms with Crippen molar-refractivity contribution in [2.24, 2.45) is 0 Å². The smallest absolute Gasteiger partial charge is 0.0537 e. The summed E-state index contributed by atoms with van der Waals surface area (Å²) < 4.78 is 0. The van der Waals surface area contributed by atoms with Crippen LogP contribution in [-0.2, 0) is 0 Å². The largest absolute Gasteiger partial charge is 0.383 e. The summed E-state index contributed by atoms with van der Waals surface area (Å²) in [6, 6.07) is 31.5. The van der Waals surface area contributed by atoms with E-state index in [2.05, 4.69) is 94.6 Å². The fourth-order valence-electron chi connectivity index (χ4n) is 3.53. The molecule has 4 nitrogen and oxygen atoms in total. The molecule has 0 spiro atoms. The highest BCUT2D eigenvalue weighted by Crippen LogP contribution is 2.26. The SMILES string of the molecule is C[C@H](Nc1cncc(-c2cccc(NCCNc3ccccc3)c2)c1)c1ccccc1. The first-order chi connectivity index (χ1) is 15.3. The summed E-state index contributed by atoms with van der Waals surface area (Å²) in [5, 5.41) is 10.5. The predicted molar refractivity (Wildman–Crippen MR) is 132 cm³/mol. The number of rotatable bonds is 9.